The Labute approximate surface area is 204 Å². The van der Waals surface area contributed by atoms with Crippen LogP contribution in [-0.2, 0) is 8.98 Å². The van der Waals surface area contributed by atoms with E-state index in [9.17, 15) is 4.79 Å². The van der Waals surface area contributed by atoms with Crippen LogP contribution < -0.4 is 5.32 Å². The molecule has 0 amide bonds. The van der Waals surface area contributed by atoms with Gasteiger partial charge in [-0.05, 0) is 60.2 Å². The van der Waals surface area contributed by atoms with Crippen molar-refractivity contribution in [3.63, 3.8) is 0 Å². The maximum atomic E-state index is 11.2. The van der Waals surface area contributed by atoms with Crippen LogP contribution in [-0.4, -0.2) is 59.4 Å². The van der Waals surface area contributed by atoms with Gasteiger partial charge in [0.2, 0.25) is 0 Å². The minimum Gasteiger partial charge on any atom is -0.375 e. The molecule has 1 aliphatic carbocycles. The molecule has 1 aromatic carbocycles. The zero-order chi connectivity index (χ0) is 22.8. The molecule has 174 valence electrons. The number of hydrogen-bond acceptors (Lipinski definition) is 7. The fraction of sp³-hybridized carbons (Fsp3) is 0.440. The highest BCUT2D eigenvalue weighted by molar-refractivity contribution is 7.92. The van der Waals surface area contributed by atoms with Gasteiger partial charge >= 0.3 is 5.97 Å². The van der Waals surface area contributed by atoms with Gasteiger partial charge in [-0.25, -0.2) is 4.31 Å². The molecule has 1 unspecified atom stereocenters. The molecule has 3 heterocycles. The number of fused-ring (bicyclic) bond motifs is 2. The molecule has 33 heavy (non-hydrogen) atoms. The topological polar surface area (TPSA) is 57.7 Å². The van der Waals surface area contributed by atoms with Crippen LogP contribution in [0.4, 0.5) is 0 Å². The number of carbonyl (C=O) groups is 1. The summed E-state index contributed by atoms with van der Waals surface area (Å²) in [4.78, 5) is 18.6. The third-order valence-corrected chi connectivity index (χ3v) is 7.89. The first-order chi connectivity index (χ1) is 16.1. The summed E-state index contributed by atoms with van der Waals surface area (Å²) in [5, 5.41) is 4.22. The van der Waals surface area contributed by atoms with Crippen LogP contribution >= 0.6 is 23.8 Å². The number of nitrogens with one attached hydrogen (secondary N) is 1. The van der Waals surface area contributed by atoms with Gasteiger partial charge in [-0.1, -0.05) is 17.7 Å². The number of benzene rings is 1. The SMILES string of the molecule is CC(=O)OSN1CCC(C2c3ccc(Cl)cc3C=C(N3CCNCC3)c3cccnc32)CC1. The lowest BCUT2D eigenvalue weighted by atomic mass is 9.76. The summed E-state index contributed by atoms with van der Waals surface area (Å²) in [7, 11) is 0. The molecule has 8 heteroatoms. The van der Waals surface area contributed by atoms with Gasteiger partial charge in [-0.15, -0.1) is 0 Å². The smallest absolute Gasteiger partial charge is 0.315 e. The Morgan fingerprint density at radius 1 is 1.18 bits per heavy atom. The molecule has 0 bridgehead atoms. The van der Waals surface area contributed by atoms with E-state index in [0.717, 1.165) is 62.8 Å². The summed E-state index contributed by atoms with van der Waals surface area (Å²) in [5.41, 5.74) is 6.13. The van der Waals surface area contributed by atoms with Crippen LogP contribution in [0.5, 0.6) is 0 Å². The number of rotatable bonds is 4. The molecule has 2 fully saturated rings. The number of carbonyl (C=O) groups excluding carboxylic acids is 1. The molecule has 5 rings (SSSR count). The third-order valence-electron chi connectivity index (χ3n) is 6.77. The average Bonchev–Trinajstić information content (AvgIpc) is 2.98. The van der Waals surface area contributed by atoms with Crippen LogP contribution in [0.2, 0.25) is 5.02 Å². The summed E-state index contributed by atoms with van der Waals surface area (Å²) in [6.45, 7) is 7.12. The van der Waals surface area contributed by atoms with Crippen molar-refractivity contribution in [1.82, 2.24) is 19.5 Å². The number of aromatic nitrogens is 1. The molecule has 1 atom stereocenters. The van der Waals surface area contributed by atoms with E-state index in [1.807, 2.05) is 18.3 Å². The molecule has 1 N–H and O–H groups in total. The van der Waals surface area contributed by atoms with Crippen molar-refractivity contribution in [3.05, 3.63) is 63.9 Å². The van der Waals surface area contributed by atoms with Crippen LogP contribution in [0.1, 0.15) is 48.1 Å². The van der Waals surface area contributed by atoms with Gasteiger partial charge in [0, 0.05) is 74.6 Å². The van der Waals surface area contributed by atoms with Gasteiger partial charge in [0.15, 0.2) is 12.2 Å². The lowest BCUT2D eigenvalue weighted by molar-refractivity contribution is -0.130. The highest BCUT2D eigenvalue weighted by atomic mass is 35.5. The van der Waals surface area contributed by atoms with Crippen molar-refractivity contribution in [2.75, 3.05) is 39.3 Å². The van der Waals surface area contributed by atoms with Gasteiger partial charge in [0.25, 0.3) is 0 Å². The lowest BCUT2D eigenvalue weighted by Gasteiger charge is -2.36. The summed E-state index contributed by atoms with van der Waals surface area (Å²) >= 11 is 7.65. The summed E-state index contributed by atoms with van der Waals surface area (Å²) in [6, 6.07) is 10.6. The molecule has 0 radical (unpaired) electrons. The first-order valence-corrected chi connectivity index (χ1v) is 12.7. The molecule has 2 aliphatic heterocycles. The first-order valence-electron chi connectivity index (χ1n) is 11.6. The Kier molecular flexibility index (Phi) is 6.92. The zero-order valence-electron chi connectivity index (χ0n) is 18.8. The fourth-order valence-corrected chi connectivity index (χ4v) is 5.99. The van der Waals surface area contributed by atoms with Gasteiger partial charge in [-0.3, -0.25) is 9.78 Å². The van der Waals surface area contributed by atoms with Crippen molar-refractivity contribution in [1.29, 1.82) is 0 Å². The van der Waals surface area contributed by atoms with E-state index in [2.05, 4.69) is 38.8 Å². The second-order valence-electron chi connectivity index (χ2n) is 8.87. The molecule has 1 aromatic heterocycles. The standard InChI is InChI=1S/C25H29ClN4O2S/c1-17(31)32-33-30-11-6-18(7-12-30)24-21-5-4-20(26)15-19(21)16-23(29-13-9-27-10-14-29)22-3-2-8-28-25(22)24/h2-5,8,15-16,18,24,27H,6-7,9-14H2,1H3. The minimum atomic E-state index is -0.263. The number of nitrogens with zero attached hydrogens (tertiary/aromatic N) is 3. The normalized spacial score (nSPS) is 21.6. The van der Waals surface area contributed by atoms with Crippen LogP contribution in [0.25, 0.3) is 11.8 Å². The molecular weight excluding hydrogens is 456 g/mol. The maximum absolute atomic E-state index is 11.2. The minimum absolute atomic E-state index is 0.200. The van der Waals surface area contributed by atoms with Crippen molar-refractivity contribution < 1.29 is 8.98 Å². The molecular formula is C25H29ClN4O2S. The third kappa shape index (κ3) is 4.92. The number of piperazine rings is 1. The fourth-order valence-electron chi connectivity index (χ4n) is 5.24. The second-order valence-corrected chi connectivity index (χ2v) is 10.1. The van der Waals surface area contributed by atoms with E-state index in [-0.39, 0.29) is 11.9 Å². The Hall–Kier alpha value is -2.06. The van der Waals surface area contributed by atoms with E-state index in [4.69, 9.17) is 20.8 Å². The van der Waals surface area contributed by atoms with Gasteiger partial charge in [0.1, 0.15) is 0 Å². The molecule has 0 spiro atoms. The van der Waals surface area contributed by atoms with Gasteiger partial charge in [0.05, 0.1) is 5.69 Å². The van der Waals surface area contributed by atoms with Gasteiger partial charge < -0.3 is 14.4 Å². The summed E-state index contributed by atoms with van der Waals surface area (Å²) in [6.07, 6.45) is 6.27. The predicted octanol–water partition coefficient (Wildman–Crippen LogP) is 4.42. The van der Waals surface area contributed by atoms with E-state index < -0.39 is 0 Å². The van der Waals surface area contributed by atoms with Crippen LogP contribution in [0.3, 0.4) is 0 Å². The summed E-state index contributed by atoms with van der Waals surface area (Å²) in [5.74, 6) is 0.385. The number of piperidine rings is 1. The van der Waals surface area contributed by atoms with Crippen molar-refractivity contribution >= 4 is 41.6 Å². The van der Waals surface area contributed by atoms with Crippen molar-refractivity contribution in [2.45, 2.75) is 25.7 Å². The second kappa shape index (κ2) is 10.1. The number of hydrogen-bond donors (Lipinski definition) is 1. The molecule has 0 saturated carbocycles. The summed E-state index contributed by atoms with van der Waals surface area (Å²) < 4.78 is 7.29. The number of halogens is 1. The Morgan fingerprint density at radius 3 is 2.73 bits per heavy atom. The van der Waals surface area contributed by atoms with E-state index in [1.165, 1.54) is 41.5 Å². The molecule has 2 aromatic rings. The number of pyridine rings is 1. The first kappa shape index (κ1) is 22.7. The van der Waals surface area contributed by atoms with E-state index in [0.29, 0.717) is 5.92 Å². The Bertz CT molecular complexity index is 1050. The quantitative estimate of drug-likeness (QED) is 0.509. The molecule has 3 aliphatic rings. The lowest BCUT2D eigenvalue weighted by Crippen LogP contribution is -2.42. The van der Waals surface area contributed by atoms with Crippen molar-refractivity contribution in [2.24, 2.45) is 5.92 Å². The maximum Gasteiger partial charge on any atom is 0.315 e. The van der Waals surface area contributed by atoms with Gasteiger partial charge in [-0.2, -0.15) is 0 Å². The molecule has 2 saturated heterocycles. The van der Waals surface area contributed by atoms with Crippen LogP contribution in [0, 0.1) is 5.92 Å². The van der Waals surface area contributed by atoms with E-state index >= 15 is 0 Å². The van der Waals surface area contributed by atoms with Crippen molar-refractivity contribution in [3.8, 4) is 0 Å². The highest BCUT2D eigenvalue weighted by Gasteiger charge is 2.35. The molecule has 6 nitrogen and oxygen atoms in total. The zero-order valence-corrected chi connectivity index (χ0v) is 20.4. The monoisotopic (exact) mass is 484 g/mol. The average molecular weight is 485 g/mol. The van der Waals surface area contributed by atoms with E-state index in [1.54, 1.807) is 0 Å². The Balaban J connectivity index is 1.51. The predicted molar refractivity (Wildman–Crippen MR) is 133 cm³/mol. The Morgan fingerprint density at radius 2 is 1.97 bits per heavy atom. The highest BCUT2D eigenvalue weighted by Crippen LogP contribution is 2.45. The van der Waals surface area contributed by atoms with Crippen LogP contribution in [0.15, 0.2) is 36.5 Å². The largest absolute Gasteiger partial charge is 0.375 e.